The maximum Gasteiger partial charge on any atom is 0.149 e. The number of aldehydes is 1. The van der Waals surface area contributed by atoms with E-state index in [2.05, 4.69) is 10.3 Å². The molecule has 1 unspecified atom stereocenters. The van der Waals surface area contributed by atoms with Crippen molar-refractivity contribution in [2.24, 2.45) is 4.99 Å². The zero-order valence-corrected chi connectivity index (χ0v) is 9.68. The lowest BCUT2D eigenvalue weighted by atomic mass is 10.0. The monoisotopic (exact) mass is 234 g/mol. The van der Waals surface area contributed by atoms with Crippen LogP contribution in [0.15, 0.2) is 17.1 Å². The number of benzene rings is 1. The number of aromatic hydroxyl groups is 1. The fraction of sp³-hybridized carbons (Fsp3) is 0.333. The van der Waals surface area contributed by atoms with Gasteiger partial charge in [0, 0.05) is 17.7 Å². The summed E-state index contributed by atoms with van der Waals surface area (Å²) in [4.78, 5) is 15.0. The van der Waals surface area contributed by atoms with E-state index in [1.165, 1.54) is 12.4 Å². The van der Waals surface area contributed by atoms with Gasteiger partial charge in [0.1, 0.15) is 23.8 Å². The van der Waals surface area contributed by atoms with Gasteiger partial charge in [0.2, 0.25) is 0 Å². The van der Waals surface area contributed by atoms with Crippen molar-refractivity contribution < 1.29 is 14.6 Å². The summed E-state index contributed by atoms with van der Waals surface area (Å²) >= 11 is 0. The minimum Gasteiger partial charge on any atom is -0.508 e. The van der Waals surface area contributed by atoms with E-state index in [0.717, 1.165) is 6.29 Å². The number of nitrogens with one attached hydrogen (secondary N) is 1. The molecule has 0 saturated heterocycles. The molecule has 1 heterocycles. The van der Waals surface area contributed by atoms with Gasteiger partial charge in [0.05, 0.1) is 18.1 Å². The molecule has 0 saturated carbocycles. The highest BCUT2D eigenvalue weighted by Gasteiger charge is 2.23. The Balaban J connectivity index is 2.52. The van der Waals surface area contributed by atoms with Gasteiger partial charge in [-0.1, -0.05) is 0 Å². The van der Waals surface area contributed by atoms with E-state index in [1.807, 2.05) is 13.8 Å². The first-order valence-electron chi connectivity index (χ1n) is 5.39. The van der Waals surface area contributed by atoms with Crippen molar-refractivity contribution in [3.8, 4) is 11.5 Å². The standard InChI is InChI=1S/C12H14N2O3/c1-7(2)17-11-4-8(16)3-9-12(11)10(5-15)14-6-13-9/h3-7,10,16H,1-2H3,(H,13,14). The number of aliphatic imine (C=N–C) groups is 1. The second-order valence-electron chi connectivity index (χ2n) is 4.08. The molecule has 1 aliphatic heterocycles. The van der Waals surface area contributed by atoms with Crippen molar-refractivity contribution >= 4 is 18.3 Å². The topological polar surface area (TPSA) is 70.9 Å². The summed E-state index contributed by atoms with van der Waals surface area (Å²) in [6, 6.07) is 2.46. The van der Waals surface area contributed by atoms with E-state index >= 15 is 0 Å². The quantitative estimate of drug-likeness (QED) is 0.783. The lowest BCUT2D eigenvalue weighted by molar-refractivity contribution is -0.109. The fourth-order valence-electron chi connectivity index (χ4n) is 1.75. The van der Waals surface area contributed by atoms with Crippen LogP contribution >= 0.6 is 0 Å². The van der Waals surface area contributed by atoms with Gasteiger partial charge in [-0.3, -0.25) is 4.99 Å². The van der Waals surface area contributed by atoms with Crippen LogP contribution in [0.4, 0.5) is 5.69 Å². The van der Waals surface area contributed by atoms with Gasteiger partial charge in [-0.15, -0.1) is 0 Å². The number of hydrogen-bond donors (Lipinski definition) is 2. The summed E-state index contributed by atoms with van der Waals surface area (Å²) in [5, 5.41) is 12.5. The molecule has 0 bridgehead atoms. The third-order valence-electron chi connectivity index (χ3n) is 2.37. The zero-order valence-electron chi connectivity index (χ0n) is 9.68. The molecule has 5 heteroatoms. The molecule has 5 nitrogen and oxygen atoms in total. The number of nitrogens with zero attached hydrogens (tertiary/aromatic N) is 1. The van der Waals surface area contributed by atoms with E-state index in [0.29, 0.717) is 17.0 Å². The summed E-state index contributed by atoms with van der Waals surface area (Å²) in [5.41, 5.74) is 1.31. The first-order chi connectivity index (χ1) is 8.11. The maximum absolute atomic E-state index is 11.0. The van der Waals surface area contributed by atoms with Crippen LogP contribution in [0.1, 0.15) is 25.5 Å². The molecule has 1 atom stereocenters. The van der Waals surface area contributed by atoms with Gasteiger partial charge >= 0.3 is 0 Å². The van der Waals surface area contributed by atoms with Gasteiger partial charge in [-0.25, -0.2) is 0 Å². The number of carbonyl (C=O) groups is 1. The predicted molar refractivity (Wildman–Crippen MR) is 64.8 cm³/mol. The first kappa shape index (κ1) is 11.4. The SMILES string of the molecule is CC(C)Oc1cc(O)cc2c1C(C=O)N=CN2. The Hall–Kier alpha value is -2.04. The summed E-state index contributed by atoms with van der Waals surface area (Å²) in [5.74, 6) is 0.572. The third-order valence-corrected chi connectivity index (χ3v) is 2.37. The Morgan fingerprint density at radius 1 is 1.53 bits per heavy atom. The lowest BCUT2D eigenvalue weighted by Crippen LogP contribution is -2.15. The molecule has 1 aromatic rings. The Morgan fingerprint density at radius 3 is 2.94 bits per heavy atom. The molecule has 1 aromatic carbocycles. The predicted octanol–water partition coefficient (Wildman–Crippen LogP) is 1.87. The lowest BCUT2D eigenvalue weighted by Gasteiger charge is -2.22. The average Bonchev–Trinajstić information content (AvgIpc) is 2.26. The fourth-order valence-corrected chi connectivity index (χ4v) is 1.75. The molecule has 0 amide bonds. The van der Waals surface area contributed by atoms with Crippen LogP contribution in [0, 0.1) is 0 Å². The summed E-state index contributed by atoms with van der Waals surface area (Å²) < 4.78 is 5.59. The molecule has 2 N–H and O–H groups in total. The van der Waals surface area contributed by atoms with Crippen LogP contribution in [0.3, 0.4) is 0 Å². The smallest absolute Gasteiger partial charge is 0.149 e. The molecule has 0 aliphatic carbocycles. The Kier molecular flexibility index (Phi) is 2.99. The number of ether oxygens (including phenoxy) is 1. The third kappa shape index (κ3) is 2.22. The van der Waals surface area contributed by atoms with Crippen LogP contribution in [0.25, 0.3) is 0 Å². The normalized spacial score (nSPS) is 17.5. The van der Waals surface area contributed by atoms with Gasteiger partial charge in [0.25, 0.3) is 0 Å². The molecule has 0 spiro atoms. The van der Waals surface area contributed by atoms with Gasteiger partial charge in [0.15, 0.2) is 0 Å². The van der Waals surface area contributed by atoms with E-state index < -0.39 is 6.04 Å². The number of hydrogen-bond acceptors (Lipinski definition) is 5. The molecule has 1 aliphatic rings. The van der Waals surface area contributed by atoms with E-state index in [-0.39, 0.29) is 11.9 Å². The number of phenols is 1. The van der Waals surface area contributed by atoms with Crippen molar-refractivity contribution in [2.75, 3.05) is 5.32 Å². The summed E-state index contributed by atoms with van der Waals surface area (Å²) in [6.45, 7) is 3.76. The van der Waals surface area contributed by atoms with Crippen LogP contribution in [0.2, 0.25) is 0 Å². The van der Waals surface area contributed by atoms with Crippen LogP contribution in [0.5, 0.6) is 11.5 Å². The van der Waals surface area contributed by atoms with E-state index in [4.69, 9.17) is 4.74 Å². The van der Waals surface area contributed by atoms with Crippen molar-refractivity contribution in [2.45, 2.75) is 26.0 Å². The highest BCUT2D eigenvalue weighted by Crippen LogP contribution is 2.39. The minimum atomic E-state index is -0.583. The van der Waals surface area contributed by atoms with E-state index in [9.17, 15) is 9.90 Å². The van der Waals surface area contributed by atoms with E-state index in [1.54, 1.807) is 6.07 Å². The summed E-state index contributed by atoms with van der Waals surface area (Å²) in [7, 11) is 0. The second kappa shape index (κ2) is 4.45. The van der Waals surface area contributed by atoms with Crippen molar-refractivity contribution in [1.29, 1.82) is 0 Å². The molecule has 90 valence electrons. The molecule has 0 aromatic heterocycles. The number of fused-ring (bicyclic) bond motifs is 1. The van der Waals surface area contributed by atoms with Gasteiger partial charge < -0.3 is 20.0 Å². The van der Waals surface area contributed by atoms with Crippen molar-refractivity contribution in [3.05, 3.63) is 17.7 Å². The van der Waals surface area contributed by atoms with Gasteiger partial charge in [-0.05, 0) is 13.8 Å². The van der Waals surface area contributed by atoms with Crippen molar-refractivity contribution in [1.82, 2.24) is 0 Å². The van der Waals surface area contributed by atoms with Crippen LogP contribution in [-0.2, 0) is 4.79 Å². The number of phenolic OH excluding ortho intramolecular Hbond substituents is 1. The van der Waals surface area contributed by atoms with Crippen LogP contribution in [-0.4, -0.2) is 23.8 Å². The molecular formula is C12H14N2O3. The summed E-state index contributed by atoms with van der Waals surface area (Å²) in [6.07, 6.45) is 2.15. The first-order valence-corrected chi connectivity index (χ1v) is 5.39. The highest BCUT2D eigenvalue weighted by atomic mass is 16.5. The maximum atomic E-state index is 11.0. The molecular weight excluding hydrogens is 220 g/mol. The highest BCUT2D eigenvalue weighted by molar-refractivity contribution is 5.87. The number of carbonyl (C=O) groups excluding carboxylic acids is 1. The largest absolute Gasteiger partial charge is 0.508 e. The molecule has 0 radical (unpaired) electrons. The Labute approximate surface area is 99.1 Å². The molecule has 2 rings (SSSR count). The average molecular weight is 234 g/mol. The number of anilines is 1. The zero-order chi connectivity index (χ0) is 12.4. The Morgan fingerprint density at radius 2 is 2.29 bits per heavy atom. The van der Waals surface area contributed by atoms with Gasteiger partial charge in [-0.2, -0.15) is 0 Å². The van der Waals surface area contributed by atoms with Crippen LogP contribution < -0.4 is 10.1 Å². The molecule has 0 fully saturated rings. The second-order valence-corrected chi connectivity index (χ2v) is 4.08. The Bertz CT molecular complexity index is 469. The van der Waals surface area contributed by atoms with Crippen molar-refractivity contribution in [3.63, 3.8) is 0 Å². The molecule has 17 heavy (non-hydrogen) atoms. The number of rotatable bonds is 3. The minimum absolute atomic E-state index is 0.0425.